The van der Waals surface area contributed by atoms with Crippen molar-refractivity contribution in [2.75, 3.05) is 14.2 Å². The van der Waals surface area contributed by atoms with Gasteiger partial charge in [-0.05, 0) is 47.5 Å². The van der Waals surface area contributed by atoms with Crippen molar-refractivity contribution < 1.29 is 9.53 Å². The van der Waals surface area contributed by atoms with Crippen LogP contribution in [0, 0.1) is 6.92 Å². The minimum absolute atomic E-state index is 0.0135. The highest BCUT2D eigenvalue weighted by Crippen LogP contribution is 2.29. The number of aromatic nitrogens is 4. The molecule has 146 valence electrons. The Balaban J connectivity index is 1.75. The van der Waals surface area contributed by atoms with Crippen molar-refractivity contribution in [3.05, 3.63) is 59.7 Å². The number of aryl methyl sites for hydroxylation is 1. The normalized spacial score (nSPS) is 11.9. The van der Waals surface area contributed by atoms with Crippen molar-refractivity contribution in [3.63, 3.8) is 0 Å². The average Bonchev–Trinajstić information content (AvgIpc) is 3.15. The summed E-state index contributed by atoms with van der Waals surface area (Å²) < 4.78 is 7.04. The molecule has 0 fully saturated rings. The Morgan fingerprint density at radius 3 is 2.71 bits per heavy atom. The van der Waals surface area contributed by atoms with Gasteiger partial charge in [0.25, 0.3) is 0 Å². The van der Waals surface area contributed by atoms with Crippen LogP contribution in [0.3, 0.4) is 0 Å². The van der Waals surface area contributed by atoms with E-state index in [9.17, 15) is 4.79 Å². The van der Waals surface area contributed by atoms with E-state index < -0.39 is 0 Å². The number of methoxy groups -OCH3 is 1. The van der Waals surface area contributed by atoms with Gasteiger partial charge in [-0.25, -0.2) is 0 Å². The molecule has 0 aliphatic rings. The zero-order valence-electron chi connectivity index (χ0n) is 16.4. The van der Waals surface area contributed by atoms with Crippen molar-refractivity contribution >= 4 is 17.7 Å². The molecule has 0 saturated carbocycles. The Morgan fingerprint density at radius 2 is 2.00 bits per heavy atom. The molecule has 3 aromatic rings. The molecular formula is C20H23N5O2S. The third-order valence-electron chi connectivity index (χ3n) is 4.27. The van der Waals surface area contributed by atoms with E-state index in [1.807, 2.05) is 62.4 Å². The lowest BCUT2D eigenvalue weighted by atomic mass is 10.2. The second-order valence-corrected chi connectivity index (χ2v) is 7.80. The fraction of sp³-hybridized carbons (Fsp3) is 0.300. The van der Waals surface area contributed by atoms with E-state index >= 15 is 0 Å². The Kier molecular flexibility index (Phi) is 6.30. The van der Waals surface area contributed by atoms with Crippen molar-refractivity contribution in [2.24, 2.45) is 0 Å². The molecule has 0 bridgehead atoms. The lowest BCUT2D eigenvalue weighted by molar-refractivity contribution is -0.129. The predicted molar refractivity (Wildman–Crippen MR) is 109 cm³/mol. The molecule has 0 N–H and O–H groups in total. The lowest BCUT2D eigenvalue weighted by Gasteiger charge is -2.21. The summed E-state index contributed by atoms with van der Waals surface area (Å²) in [5.74, 6) is 0.680. The molecule has 1 aromatic heterocycles. The summed E-state index contributed by atoms with van der Waals surface area (Å²) in [5, 5.41) is 12.2. The quantitative estimate of drug-likeness (QED) is 0.571. The van der Waals surface area contributed by atoms with Gasteiger partial charge in [-0.15, -0.1) is 5.10 Å². The highest BCUT2D eigenvalue weighted by Gasteiger charge is 2.23. The fourth-order valence-corrected chi connectivity index (χ4v) is 3.74. The minimum atomic E-state index is -0.339. The molecule has 1 atom stereocenters. The summed E-state index contributed by atoms with van der Waals surface area (Å²) in [6, 6.07) is 15.7. The van der Waals surface area contributed by atoms with Gasteiger partial charge in [-0.2, -0.15) is 4.68 Å². The van der Waals surface area contributed by atoms with Gasteiger partial charge < -0.3 is 9.64 Å². The van der Waals surface area contributed by atoms with E-state index in [2.05, 4.69) is 15.5 Å². The summed E-state index contributed by atoms with van der Waals surface area (Å²) >= 11 is 1.32. The molecule has 2 aromatic carbocycles. The Morgan fingerprint density at radius 1 is 1.25 bits per heavy atom. The molecule has 1 amide bonds. The summed E-state index contributed by atoms with van der Waals surface area (Å²) in [6.07, 6.45) is 0. The number of benzene rings is 2. The van der Waals surface area contributed by atoms with Gasteiger partial charge in [0, 0.05) is 13.6 Å². The molecule has 7 nitrogen and oxygen atoms in total. The van der Waals surface area contributed by atoms with Gasteiger partial charge >= 0.3 is 0 Å². The zero-order chi connectivity index (χ0) is 20.1. The Labute approximate surface area is 168 Å². The lowest BCUT2D eigenvalue weighted by Crippen LogP contribution is -2.33. The van der Waals surface area contributed by atoms with E-state index in [1.165, 1.54) is 11.8 Å². The predicted octanol–water partition coefficient (Wildman–Crippen LogP) is 3.12. The van der Waals surface area contributed by atoms with E-state index in [-0.39, 0.29) is 11.2 Å². The van der Waals surface area contributed by atoms with Crippen molar-refractivity contribution in [1.29, 1.82) is 0 Å². The first kappa shape index (κ1) is 19.9. The molecule has 3 rings (SSSR count). The van der Waals surface area contributed by atoms with Crippen LogP contribution in [0.15, 0.2) is 53.7 Å². The summed E-state index contributed by atoms with van der Waals surface area (Å²) in [4.78, 5) is 14.5. The molecule has 28 heavy (non-hydrogen) atoms. The number of ether oxygens (including phenoxy) is 1. The van der Waals surface area contributed by atoms with Crippen molar-refractivity contribution in [3.8, 4) is 11.4 Å². The van der Waals surface area contributed by atoms with Gasteiger partial charge in [0.15, 0.2) is 0 Å². The first-order chi connectivity index (χ1) is 13.5. The summed E-state index contributed by atoms with van der Waals surface area (Å²) in [5.41, 5.74) is 2.89. The van der Waals surface area contributed by atoms with E-state index in [0.29, 0.717) is 17.5 Å². The van der Waals surface area contributed by atoms with Crippen molar-refractivity contribution in [2.45, 2.75) is 30.8 Å². The second kappa shape index (κ2) is 8.88. The van der Waals surface area contributed by atoms with Crippen molar-refractivity contribution in [1.82, 2.24) is 25.1 Å². The van der Waals surface area contributed by atoms with Crippen LogP contribution in [0.25, 0.3) is 5.69 Å². The largest absolute Gasteiger partial charge is 0.494 e. The zero-order valence-corrected chi connectivity index (χ0v) is 17.2. The third kappa shape index (κ3) is 4.51. The minimum Gasteiger partial charge on any atom is -0.494 e. The molecule has 0 aliphatic heterocycles. The van der Waals surface area contributed by atoms with Crippen LogP contribution in [0.2, 0.25) is 0 Å². The van der Waals surface area contributed by atoms with Gasteiger partial charge in [-0.1, -0.05) is 48.2 Å². The first-order valence-electron chi connectivity index (χ1n) is 8.88. The van der Waals surface area contributed by atoms with Crippen LogP contribution in [0.4, 0.5) is 0 Å². The molecule has 0 spiro atoms. The van der Waals surface area contributed by atoms with Gasteiger partial charge in [0.1, 0.15) is 11.4 Å². The smallest absolute Gasteiger partial charge is 0.235 e. The number of carbonyl (C=O) groups excluding carboxylic acids is 1. The number of rotatable bonds is 7. The van der Waals surface area contributed by atoms with Gasteiger partial charge in [0.05, 0.1) is 12.4 Å². The average molecular weight is 398 g/mol. The highest BCUT2D eigenvalue weighted by atomic mass is 32.2. The fourth-order valence-electron chi connectivity index (χ4n) is 2.82. The van der Waals surface area contributed by atoms with Gasteiger partial charge in [0.2, 0.25) is 11.1 Å². The Hall–Kier alpha value is -2.87. The molecule has 1 heterocycles. The van der Waals surface area contributed by atoms with Crippen LogP contribution in [0.5, 0.6) is 5.75 Å². The number of hydrogen-bond donors (Lipinski definition) is 0. The SMILES string of the molecule is COc1ccc(C)cc1-n1nnnc1SC(C)C(=O)N(C)Cc1ccccc1. The first-order valence-corrected chi connectivity index (χ1v) is 9.76. The molecule has 0 radical (unpaired) electrons. The van der Waals surface area contributed by atoms with Gasteiger partial charge in [-0.3, -0.25) is 4.79 Å². The van der Waals surface area contributed by atoms with E-state index in [1.54, 1.807) is 23.7 Å². The molecule has 0 aliphatic carbocycles. The standard InChI is InChI=1S/C20H23N5O2S/c1-14-10-11-18(27-4)17(12-14)25-20(21-22-23-25)28-15(2)19(26)24(3)13-16-8-6-5-7-9-16/h5-12,15H,13H2,1-4H3. The number of hydrogen-bond acceptors (Lipinski definition) is 6. The molecule has 8 heteroatoms. The van der Waals surface area contributed by atoms with Crippen LogP contribution >= 0.6 is 11.8 Å². The topological polar surface area (TPSA) is 73.1 Å². The van der Waals surface area contributed by atoms with E-state index in [0.717, 1.165) is 16.8 Å². The maximum atomic E-state index is 12.8. The van der Waals surface area contributed by atoms with E-state index in [4.69, 9.17) is 4.74 Å². The van der Waals surface area contributed by atoms with Crippen LogP contribution < -0.4 is 4.74 Å². The number of tetrazole rings is 1. The number of carbonyl (C=O) groups is 1. The third-order valence-corrected chi connectivity index (χ3v) is 5.29. The Bertz CT molecular complexity index is 945. The van der Waals surface area contributed by atoms with Crippen LogP contribution in [0.1, 0.15) is 18.1 Å². The number of amides is 1. The van der Waals surface area contributed by atoms with Crippen LogP contribution in [-0.2, 0) is 11.3 Å². The summed E-state index contributed by atoms with van der Waals surface area (Å²) in [6.45, 7) is 4.41. The highest BCUT2D eigenvalue weighted by molar-refractivity contribution is 8.00. The molecule has 1 unspecified atom stereocenters. The number of thioether (sulfide) groups is 1. The maximum Gasteiger partial charge on any atom is 0.235 e. The number of nitrogens with zero attached hydrogens (tertiary/aromatic N) is 5. The second-order valence-electron chi connectivity index (χ2n) is 6.49. The molecule has 0 saturated heterocycles. The molecular weight excluding hydrogens is 374 g/mol. The van der Waals surface area contributed by atoms with Crippen LogP contribution in [-0.4, -0.2) is 50.4 Å². The maximum absolute atomic E-state index is 12.8. The monoisotopic (exact) mass is 397 g/mol. The summed E-state index contributed by atoms with van der Waals surface area (Å²) in [7, 11) is 3.41.